The van der Waals surface area contributed by atoms with Crippen LogP contribution in [0.3, 0.4) is 0 Å². The average molecular weight is 465 g/mol. The first-order valence-electron chi connectivity index (χ1n) is 11.7. The zero-order valence-electron chi connectivity index (χ0n) is 19.7. The SMILES string of the molecule is C/C=C\C(=C/C)C1(CN)CCC(N(C(=O)c2ccc([C@](C)(O)C(F)(F)F)cc2)C2CC2)CC1. The Kier molecular flexibility index (Phi) is 7.44. The number of halogens is 3. The van der Waals surface area contributed by atoms with Crippen molar-refractivity contribution in [3.05, 3.63) is 59.2 Å². The minimum Gasteiger partial charge on any atom is -0.376 e. The molecule has 2 aliphatic carbocycles. The summed E-state index contributed by atoms with van der Waals surface area (Å²) in [6.45, 7) is 5.30. The fourth-order valence-electron chi connectivity index (χ4n) is 5.04. The smallest absolute Gasteiger partial charge is 0.376 e. The van der Waals surface area contributed by atoms with E-state index in [0.717, 1.165) is 45.4 Å². The van der Waals surface area contributed by atoms with Gasteiger partial charge in [0.25, 0.3) is 5.91 Å². The first-order valence-corrected chi connectivity index (χ1v) is 11.7. The molecule has 1 amide bonds. The molecule has 2 aliphatic rings. The fraction of sp³-hybridized carbons (Fsp3) is 0.577. The fourth-order valence-corrected chi connectivity index (χ4v) is 5.04. The van der Waals surface area contributed by atoms with Crippen LogP contribution in [0.1, 0.15) is 75.2 Å². The predicted molar refractivity (Wildman–Crippen MR) is 124 cm³/mol. The number of nitrogens with two attached hydrogens (primary N) is 1. The third-order valence-corrected chi connectivity index (χ3v) is 7.39. The molecule has 4 nitrogen and oxygen atoms in total. The monoisotopic (exact) mass is 464 g/mol. The van der Waals surface area contributed by atoms with Crippen molar-refractivity contribution in [2.45, 2.75) is 83.2 Å². The molecule has 0 unspecified atom stereocenters. The Morgan fingerprint density at radius 1 is 1.12 bits per heavy atom. The van der Waals surface area contributed by atoms with Crippen molar-refractivity contribution in [3.63, 3.8) is 0 Å². The summed E-state index contributed by atoms with van der Waals surface area (Å²) < 4.78 is 39.4. The number of hydrogen-bond acceptors (Lipinski definition) is 3. The minimum absolute atomic E-state index is 0.0825. The summed E-state index contributed by atoms with van der Waals surface area (Å²) in [6.07, 6.45) is 6.83. The molecule has 0 aliphatic heterocycles. The molecule has 3 N–H and O–H groups in total. The zero-order chi connectivity index (χ0) is 24.4. The molecule has 0 bridgehead atoms. The van der Waals surface area contributed by atoms with E-state index in [4.69, 9.17) is 5.73 Å². The number of allylic oxidation sites excluding steroid dienone is 3. The Labute approximate surface area is 194 Å². The molecule has 7 heteroatoms. The van der Waals surface area contributed by atoms with Gasteiger partial charge in [-0.05, 0) is 82.6 Å². The van der Waals surface area contributed by atoms with Gasteiger partial charge in [-0.2, -0.15) is 13.2 Å². The highest BCUT2D eigenvalue weighted by Gasteiger charge is 2.51. The average Bonchev–Trinajstić information content (AvgIpc) is 3.62. The Hall–Kier alpha value is -2.12. The number of benzene rings is 1. The molecular weight excluding hydrogens is 429 g/mol. The summed E-state index contributed by atoms with van der Waals surface area (Å²) in [4.78, 5) is 15.3. The van der Waals surface area contributed by atoms with Crippen LogP contribution in [-0.2, 0) is 5.60 Å². The van der Waals surface area contributed by atoms with Crippen molar-refractivity contribution >= 4 is 5.91 Å². The summed E-state index contributed by atoms with van der Waals surface area (Å²) in [6, 6.07) is 5.45. The topological polar surface area (TPSA) is 66.6 Å². The summed E-state index contributed by atoms with van der Waals surface area (Å²) in [5.41, 5.74) is 4.48. The summed E-state index contributed by atoms with van der Waals surface area (Å²) >= 11 is 0. The Morgan fingerprint density at radius 3 is 2.09 bits per heavy atom. The van der Waals surface area contributed by atoms with Gasteiger partial charge in [-0.25, -0.2) is 0 Å². The largest absolute Gasteiger partial charge is 0.421 e. The second-order valence-corrected chi connectivity index (χ2v) is 9.55. The van der Waals surface area contributed by atoms with E-state index in [2.05, 4.69) is 12.2 Å². The Morgan fingerprint density at radius 2 is 1.67 bits per heavy atom. The maximum absolute atomic E-state index is 13.4. The molecule has 182 valence electrons. The molecule has 0 spiro atoms. The summed E-state index contributed by atoms with van der Waals surface area (Å²) in [7, 11) is 0. The molecule has 33 heavy (non-hydrogen) atoms. The third-order valence-electron chi connectivity index (χ3n) is 7.39. The van der Waals surface area contributed by atoms with Crippen LogP contribution < -0.4 is 5.73 Å². The number of nitrogens with zero attached hydrogens (tertiary/aromatic N) is 1. The van der Waals surface area contributed by atoms with Gasteiger partial charge in [0.1, 0.15) is 0 Å². The molecule has 1 aromatic rings. The van der Waals surface area contributed by atoms with Crippen molar-refractivity contribution in [1.82, 2.24) is 4.90 Å². The lowest BCUT2D eigenvalue weighted by molar-refractivity contribution is -0.258. The van der Waals surface area contributed by atoms with Crippen molar-refractivity contribution in [2.24, 2.45) is 11.1 Å². The molecule has 2 fully saturated rings. The molecule has 1 aromatic carbocycles. The lowest BCUT2D eigenvalue weighted by Gasteiger charge is -2.44. The van der Waals surface area contributed by atoms with Crippen LogP contribution in [0.15, 0.2) is 48.1 Å². The van der Waals surface area contributed by atoms with E-state index >= 15 is 0 Å². The maximum Gasteiger partial charge on any atom is 0.421 e. The van der Waals surface area contributed by atoms with Crippen molar-refractivity contribution in [1.29, 1.82) is 0 Å². The van der Waals surface area contributed by atoms with E-state index in [1.165, 1.54) is 29.8 Å². The molecule has 1 atom stereocenters. The number of carbonyl (C=O) groups is 1. The third kappa shape index (κ3) is 5.04. The Bertz CT molecular complexity index is 891. The molecule has 0 saturated heterocycles. The number of hydrogen-bond donors (Lipinski definition) is 2. The molecule has 3 rings (SSSR count). The van der Waals surface area contributed by atoms with Crippen LogP contribution in [0.2, 0.25) is 0 Å². The van der Waals surface area contributed by atoms with Gasteiger partial charge in [0.05, 0.1) is 0 Å². The summed E-state index contributed by atoms with van der Waals surface area (Å²) in [5.74, 6) is -0.152. The van der Waals surface area contributed by atoms with E-state index in [1.807, 2.05) is 24.8 Å². The molecule has 0 radical (unpaired) electrons. The van der Waals surface area contributed by atoms with Crippen LogP contribution >= 0.6 is 0 Å². The number of carbonyl (C=O) groups excluding carboxylic acids is 1. The van der Waals surface area contributed by atoms with Crippen LogP contribution in [0, 0.1) is 5.41 Å². The molecule has 0 heterocycles. The van der Waals surface area contributed by atoms with E-state index in [9.17, 15) is 23.1 Å². The van der Waals surface area contributed by atoms with Gasteiger partial charge in [-0.15, -0.1) is 0 Å². The van der Waals surface area contributed by atoms with E-state index in [1.54, 1.807) is 0 Å². The number of aliphatic hydroxyl groups is 1. The highest BCUT2D eigenvalue weighted by Crippen LogP contribution is 2.45. The Balaban J connectivity index is 1.77. The minimum atomic E-state index is -4.80. The van der Waals surface area contributed by atoms with Gasteiger partial charge < -0.3 is 15.7 Å². The van der Waals surface area contributed by atoms with Gasteiger partial charge in [-0.3, -0.25) is 4.79 Å². The van der Waals surface area contributed by atoms with Gasteiger partial charge in [0, 0.05) is 29.6 Å². The van der Waals surface area contributed by atoms with E-state index in [0.29, 0.717) is 12.1 Å². The maximum atomic E-state index is 13.4. The van der Waals surface area contributed by atoms with Crippen LogP contribution in [-0.4, -0.2) is 40.7 Å². The van der Waals surface area contributed by atoms with Crippen LogP contribution in [0.5, 0.6) is 0 Å². The second-order valence-electron chi connectivity index (χ2n) is 9.55. The lowest BCUT2D eigenvalue weighted by atomic mass is 9.67. The van der Waals surface area contributed by atoms with Crippen LogP contribution in [0.4, 0.5) is 13.2 Å². The van der Waals surface area contributed by atoms with Crippen molar-refractivity contribution in [2.75, 3.05) is 6.54 Å². The normalized spacial score (nSPS) is 26.3. The van der Waals surface area contributed by atoms with Gasteiger partial charge in [-0.1, -0.05) is 30.4 Å². The van der Waals surface area contributed by atoms with E-state index in [-0.39, 0.29) is 29.0 Å². The summed E-state index contributed by atoms with van der Waals surface area (Å²) in [5, 5.41) is 9.90. The van der Waals surface area contributed by atoms with Gasteiger partial charge in [0.2, 0.25) is 0 Å². The number of amides is 1. The lowest BCUT2D eigenvalue weighted by Crippen LogP contribution is -2.47. The molecule has 2 saturated carbocycles. The van der Waals surface area contributed by atoms with Crippen molar-refractivity contribution in [3.8, 4) is 0 Å². The quantitative estimate of drug-likeness (QED) is 0.526. The number of alkyl halides is 3. The standard InChI is InChI=1S/C26H35F3N2O2/c1-4-6-19(5-2)25(17-30)15-13-22(14-16-25)31(21-11-12-21)23(32)18-7-9-20(10-8-18)24(3,33)26(27,28)29/h4-10,21-22,33H,11-17,30H2,1-3H3/b6-4-,19-5+/t22?,24-,25?/m0/s1. The zero-order valence-corrected chi connectivity index (χ0v) is 19.7. The van der Waals surface area contributed by atoms with Gasteiger partial charge in [0.15, 0.2) is 5.60 Å². The molecule has 0 aromatic heterocycles. The highest BCUT2D eigenvalue weighted by atomic mass is 19.4. The van der Waals surface area contributed by atoms with Gasteiger partial charge >= 0.3 is 6.18 Å². The first kappa shape index (κ1) is 25.5. The number of rotatable bonds is 7. The first-order chi connectivity index (χ1) is 15.5. The van der Waals surface area contributed by atoms with Crippen molar-refractivity contribution < 1.29 is 23.1 Å². The van der Waals surface area contributed by atoms with E-state index < -0.39 is 11.8 Å². The second kappa shape index (κ2) is 9.63. The highest BCUT2D eigenvalue weighted by molar-refractivity contribution is 5.95. The predicted octanol–water partition coefficient (Wildman–Crippen LogP) is 5.47. The van der Waals surface area contributed by atoms with Crippen LogP contribution in [0.25, 0.3) is 0 Å². The molecular formula is C26H35F3N2O2.